The van der Waals surface area contributed by atoms with E-state index >= 15 is 0 Å². The van der Waals surface area contributed by atoms with E-state index in [1.165, 1.54) is 0 Å². The van der Waals surface area contributed by atoms with Gasteiger partial charge in [0.2, 0.25) is 11.7 Å². The van der Waals surface area contributed by atoms with Crippen molar-refractivity contribution in [1.29, 1.82) is 0 Å². The molecule has 11 heteroatoms. The molecule has 6 nitrogen and oxygen atoms in total. The minimum atomic E-state index is -3.22. The minimum absolute atomic E-state index is 0.00330. The molecule has 0 bridgehead atoms. The molecular formula is C19H21F4N5OS. The Morgan fingerprint density at radius 1 is 1.37 bits per heavy atom. The second-order valence-electron chi connectivity index (χ2n) is 7.30. The molecule has 4 rings (SSSR count). The third-order valence-corrected chi connectivity index (χ3v) is 6.43. The number of likely N-dealkylation sites (tertiary alicyclic amines) is 1. The summed E-state index contributed by atoms with van der Waals surface area (Å²) < 4.78 is 61.3. The number of fused-ring (bicyclic) bond motifs is 1. The Morgan fingerprint density at radius 3 is 2.83 bits per heavy atom. The van der Waals surface area contributed by atoms with E-state index in [4.69, 9.17) is 10.3 Å². The van der Waals surface area contributed by atoms with Gasteiger partial charge in [0, 0.05) is 24.0 Å². The minimum Gasteiger partial charge on any atom is -0.378 e. The molecule has 3 aromatic rings. The Labute approximate surface area is 174 Å². The Balaban J connectivity index is 1.79. The quantitative estimate of drug-likeness (QED) is 0.558. The smallest absolute Gasteiger partial charge is 0.273 e. The zero-order valence-electron chi connectivity index (χ0n) is 16.1. The molecule has 1 aromatic carbocycles. The van der Waals surface area contributed by atoms with Crippen molar-refractivity contribution in [2.24, 2.45) is 5.73 Å². The number of anilines is 1. The van der Waals surface area contributed by atoms with Crippen molar-refractivity contribution in [3.8, 4) is 10.7 Å². The molecule has 3 N–H and O–H groups in total. The van der Waals surface area contributed by atoms with Crippen molar-refractivity contribution >= 4 is 27.1 Å². The van der Waals surface area contributed by atoms with Gasteiger partial charge in [0.15, 0.2) is 6.17 Å². The largest absolute Gasteiger partial charge is 0.378 e. The van der Waals surface area contributed by atoms with Gasteiger partial charge in [-0.15, -0.1) is 11.3 Å². The molecule has 162 valence electrons. The van der Waals surface area contributed by atoms with Gasteiger partial charge in [0.1, 0.15) is 6.17 Å². The summed E-state index contributed by atoms with van der Waals surface area (Å²) >= 11 is 1.07. The van der Waals surface area contributed by atoms with Crippen molar-refractivity contribution in [3.05, 3.63) is 29.7 Å². The lowest BCUT2D eigenvalue weighted by Gasteiger charge is -2.33. The summed E-state index contributed by atoms with van der Waals surface area (Å²) in [7, 11) is 1.85. The van der Waals surface area contributed by atoms with E-state index < -0.39 is 24.8 Å². The summed E-state index contributed by atoms with van der Waals surface area (Å²) in [5.41, 5.74) is 5.84. The number of thiophene rings is 1. The van der Waals surface area contributed by atoms with Crippen LogP contribution in [0.1, 0.15) is 24.0 Å². The first-order valence-electron chi connectivity index (χ1n) is 9.48. The Morgan fingerprint density at radius 2 is 2.17 bits per heavy atom. The lowest BCUT2D eigenvalue weighted by molar-refractivity contribution is 0.0507. The highest BCUT2D eigenvalue weighted by molar-refractivity contribution is 7.23. The van der Waals surface area contributed by atoms with Crippen LogP contribution in [0.5, 0.6) is 0 Å². The molecule has 0 spiro atoms. The van der Waals surface area contributed by atoms with Crippen LogP contribution in [0.4, 0.5) is 23.2 Å². The van der Waals surface area contributed by atoms with Gasteiger partial charge in [0.25, 0.3) is 6.43 Å². The van der Waals surface area contributed by atoms with E-state index in [2.05, 4.69) is 15.5 Å². The van der Waals surface area contributed by atoms with E-state index in [0.29, 0.717) is 28.7 Å². The Bertz CT molecular complexity index is 1030. The van der Waals surface area contributed by atoms with Crippen LogP contribution in [0.25, 0.3) is 20.8 Å². The summed E-state index contributed by atoms with van der Waals surface area (Å²) in [6.07, 6.45) is -6.24. The number of hydrogen-bond donors (Lipinski definition) is 2. The summed E-state index contributed by atoms with van der Waals surface area (Å²) in [5, 5.41) is 7.27. The lowest BCUT2D eigenvalue weighted by Crippen LogP contribution is -2.46. The van der Waals surface area contributed by atoms with E-state index in [0.717, 1.165) is 17.9 Å². The maximum Gasteiger partial charge on any atom is 0.273 e. The van der Waals surface area contributed by atoms with Crippen molar-refractivity contribution in [2.75, 3.05) is 25.5 Å². The molecule has 0 radical (unpaired) electrons. The van der Waals surface area contributed by atoms with Gasteiger partial charge >= 0.3 is 0 Å². The van der Waals surface area contributed by atoms with Crippen LogP contribution >= 0.6 is 11.3 Å². The number of halogens is 4. The molecule has 3 heterocycles. The number of alkyl halides is 4. The Hall–Kier alpha value is -2.24. The average molecular weight is 443 g/mol. The fourth-order valence-electron chi connectivity index (χ4n) is 3.67. The number of benzene rings is 1. The number of hydrogen-bond acceptors (Lipinski definition) is 7. The van der Waals surface area contributed by atoms with Gasteiger partial charge < -0.3 is 20.5 Å². The van der Waals surface area contributed by atoms with Crippen LogP contribution in [0.2, 0.25) is 0 Å². The van der Waals surface area contributed by atoms with Gasteiger partial charge in [-0.1, -0.05) is 17.3 Å². The van der Waals surface area contributed by atoms with Gasteiger partial charge in [-0.05, 0) is 19.5 Å². The topological polar surface area (TPSA) is 80.2 Å². The predicted molar refractivity (Wildman–Crippen MR) is 107 cm³/mol. The van der Waals surface area contributed by atoms with Crippen LogP contribution in [0, 0.1) is 0 Å². The van der Waals surface area contributed by atoms with Crippen molar-refractivity contribution in [1.82, 2.24) is 15.0 Å². The van der Waals surface area contributed by atoms with Crippen LogP contribution in [-0.4, -0.2) is 53.8 Å². The molecule has 3 atom stereocenters. The molecule has 3 unspecified atom stereocenters. The second kappa shape index (κ2) is 8.48. The molecule has 0 aliphatic carbocycles. The molecule has 1 aliphatic heterocycles. The molecule has 1 fully saturated rings. The third-order valence-electron chi connectivity index (χ3n) is 5.18. The number of nitrogens with zero attached hydrogens (tertiary/aromatic N) is 3. The summed E-state index contributed by atoms with van der Waals surface area (Å²) in [5.74, 6) is 0.120. The number of nitrogens with one attached hydrogen (secondary N) is 1. The molecule has 1 saturated heterocycles. The monoisotopic (exact) mass is 443 g/mol. The van der Waals surface area contributed by atoms with Crippen molar-refractivity contribution < 1.29 is 22.1 Å². The van der Waals surface area contributed by atoms with E-state index in [-0.39, 0.29) is 28.7 Å². The standard InChI is InChI=1S/C19H21F4N5OS/c1-28-6-5-11(10(20)8-28)25-12-4-2-3-9-14(15(21)18(22)23)17(30-16(9)12)19-26-13(7-24)29-27-19/h2-4,10-11,15,18,25H,5-8,24H2,1H3. The maximum absolute atomic E-state index is 14.6. The fourth-order valence-corrected chi connectivity index (χ4v) is 4.90. The molecular weight excluding hydrogens is 422 g/mol. The van der Waals surface area contributed by atoms with E-state index in [1.54, 1.807) is 18.2 Å². The zero-order valence-corrected chi connectivity index (χ0v) is 16.9. The summed E-state index contributed by atoms with van der Waals surface area (Å²) in [6.45, 7) is 1.01. The average Bonchev–Trinajstić information content (AvgIpc) is 3.34. The SMILES string of the molecule is CN1CCC(Nc2cccc3c(C(F)C(F)F)c(-c4noc(CN)n4)sc23)C(F)C1. The zero-order chi connectivity index (χ0) is 21.4. The fraction of sp³-hybridized carbons (Fsp3) is 0.474. The van der Waals surface area contributed by atoms with Crippen molar-refractivity contribution in [3.63, 3.8) is 0 Å². The predicted octanol–water partition coefficient (Wildman–Crippen LogP) is 4.14. The highest BCUT2D eigenvalue weighted by Crippen LogP contribution is 2.46. The second-order valence-corrected chi connectivity index (χ2v) is 8.32. The number of nitrogens with two attached hydrogens (primary N) is 1. The summed E-state index contributed by atoms with van der Waals surface area (Å²) in [6, 6.07) is 4.50. The normalized spacial score (nSPS) is 21.4. The number of rotatable bonds is 6. The molecule has 1 aliphatic rings. The van der Waals surface area contributed by atoms with Gasteiger partial charge in [0.05, 0.1) is 27.9 Å². The molecule has 2 aromatic heterocycles. The molecule has 0 amide bonds. The molecule has 30 heavy (non-hydrogen) atoms. The highest BCUT2D eigenvalue weighted by atomic mass is 32.1. The van der Waals surface area contributed by atoms with Gasteiger partial charge in [-0.25, -0.2) is 17.6 Å². The van der Waals surface area contributed by atoms with Crippen LogP contribution < -0.4 is 11.1 Å². The first-order valence-corrected chi connectivity index (χ1v) is 10.3. The lowest BCUT2D eigenvalue weighted by atomic mass is 10.0. The maximum atomic E-state index is 14.6. The first kappa shape index (κ1) is 21.0. The van der Waals surface area contributed by atoms with E-state index in [9.17, 15) is 17.6 Å². The first-order chi connectivity index (χ1) is 14.4. The Kier molecular flexibility index (Phi) is 5.94. The summed E-state index contributed by atoms with van der Waals surface area (Å²) in [4.78, 5) is 6.13. The number of piperidine rings is 1. The van der Waals surface area contributed by atoms with Crippen molar-refractivity contribution in [2.45, 2.75) is 37.8 Å². The van der Waals surface area contributed by atoms with Gasteiger partial charge in [-0.2, -0.15) is 4.98 Å². The highest BCUT2D eigenvalue weighted by Gasteiger charge is 2.32. The molecule has 0 saturated carbocycles. The van der Waals surface area contributed by atoms with Crippen LogP contribution in [0.3, 0.4) is 0 Å². The third kappa shape index (κ3) is 3.88. The van der Waals surface area contributed by atoms with Crippen LogP contribution in [0.15, 0.2) is 22.7 Å². The van der Waals surface area contributed by atoms with E-state index in [1.807, 2.05) is 11.9 Å². The number of aromatic nitrogens is 2. The van der Waals surface area contributed by atoms with Gasteiger partial charge in [-0.3, -0.25) is 0 Å². The van der Waals surface area contributed by atoms with Crippen LogP contribution in [-0.2, 0) is 6.54 Å².